The molecule has 0 aliphatic heterocycles. The lowest BCUT2D eigenvalue weighted by atomic mass is 10.1. The number of aryl methyl sites for hydroxylation is 1. The molecule has 22 heavy (non-hydrogen) atoms. The predicted molar refractivity (Wildman–Crippen MR) is 90.5 cm³/mol. The molecule has 0 spiro atoms. The summed E-state index contributed by atoms with van der Waals surface area (Å²) in [6.45, 7) is 2.86. The summed E-state index contributed by atoms with van der Waals surface area (Å²) in [7, 11) is 0. The molecule has 3 nitrogen and oxygen atoms in total. The summed E-state index contributed by atoms with van der Waals surface area (Å²) in [6.07, 6.45) is 0.755. The number of rotatable bonds is 6. The van der Waals surface area contributed by atoms with Gasteiger partial charge in [0.15, 0.2) is 0 Å². The summed E-state index contributed by atoms with van der Waals surface area (Å²) in [5.41, 5.74) is 2.86. The number of hydrogen-bond donors (Lipinski definition) is 2. The van der Waals surface area contributed by atoms with Crippen LogP contribution in [-0.2, 0) is 11.2 Å². The lowest BCUT2D eigenvalue weighted by Crippen LogP contribution is -2.29. The Morgan fingerprint density at radius 1 is 1.18 bits per heavy atom. The molecule has 116 valence electrons. The molecule has 5 heteroatoms. The van der Waals surface area contributed by atoms with Crippen molar-refractivity contribution < 1.29 is 9.18 Å². The highest BCUT2D eigenvalue weighted by Gasteiger charge is 2.04. The van der Waals surface area contributed by atoms with Crippen LogP contribution in [-0.4, -0.2) is 19.0 Å². The van der Waals surface area contributed by atoms with Crippen LogP contribution in [0.3, 0.4) is 0 Å². The predicted octanol–water partition coefficient (Wildman–Crippen LogP) is 3.67. The molecular formula is C17H18BrFN2O. The zero-order valence-electron chi connectivity index (χ0n) is 12.3. The number of amides is 1. The van der Waals surface area contributed by atoms with Gasteiger partial charge in [0.2, 0.25) is 5.91 Å². The Labute approximate surface area is 138 Å². The molecule has 0 saturated heterocycles. The smallest absolute Gasteiger partial charge is 0.238 e. The van der Waals surface area contributed by atoms with Crippen LogP contribution < -0.4 is 10.6 Å². The Morgan fingerprint density at radius 3 is 2.59 bits per heavy atom. The fourth-order valence-electron chi connectivity index (χ4n) is 2.05. The van der Waals surface area contributed by atoms with Crippen molar-refractivity contribution in [2.75, 3.05) is 18.4 Å². The van der Waals surface area contributed by atoms with Crippen LogP contribution in [0.1, 0.15) is 11.1 Å². The van der Waals surface area contributed by atoms with E-state index in [1.165, 1.54) is 12.1 Å². The van der Waals surface area contributed by atoms with E-state index in [9.17, 15) is 9.18 Å². The number of anilines is 1. The van der Waals surface area contributed by atoms with Gasteiger partial charge in [0.05, 0.1) is 6.54 Å². The van der Waals surface area contributed by atoms with Crippen LogP contribution in [0.5, 0.6) is 0 Å². The van der Waals surface area contributed by atoms with Crippen LogP contribution in [0.15, 0.2) is 46.9 Å². The topological polar surface area (TPSA) is 41.1 Å². The summed E-state index contributed by atoms with van der Waals surface area (Å²) in [6, 6.07) is 12.1. The van der Waals surface area contributed by atoms with E-state index < -0.39 is 0 Å². The average Bonchev–Trinajstić information content (AvgIpc) is 2.48. The van der Waals surface area contributed by atoms with Crippen molar-refractivity contribution in [2.24, 2.45) is 0 Å². The SMILES string of the molecule is Cc1cc(Br)ccc1NC(=O)CNCCc1ccc(F)cc1. The Balaban J connectivity index is 1.72. The molecular weight excluding hydrogens is 347 g/mol. The van der Waals surface area contributed by atoms with Crippen molar-refractivity contribution in [1.82, 2.24) is 5.32 Å². The lowest BCUT2D eigenvalue weighted by Gasteiger charge is -2.09. The Kier molecular flexibility index (Phi) is 6.10. The van der Waals surface area contributed by atoms with Gasteiger partial charge in [0.1, 0.15) is 5.82 Å². The van der Waals surface area contributed by atoms with Crippen molar-refractivity contribution in [2.45, 2.75) is 13.3 Å². The largest absolute Gasteiger partial charge is 0.325 e. The van der Waals surface area contributed by atoms with E-state index in [1.54, 1.807) is 12.1 Å². The molecule has 0 atom stereocenters. The normalized spacial score (nSPS) is 10.5. The molecule has 0 fully saturated rings. The second-order valence-electron chi connectivity index (χ2n) is 5.06. The van der Waals surface area contributed by atoms with Gasteiger partial charge >= 0.3 is 0 Å². The minimum Gasteiger partial charge on any atom is -0.325 e. The highest BCUT2D eigenvalue weighted by atomic mass is 79.9. The fraction of sp³-hybridized carbons (Fsp3) is 0.235. The van der Waals surface area contributed by atoms with Crippen LogP contribution in [0.4, 0.5) is 10.1 Å². The summed E-state index contributed by atoms with van der Waals surface area (Å²) in [5.74, 6) is -0.314. The van der Waals surface area contributed by atoms with Gasteiger partial charge in [0.25, 0.3) is 0 Å². The van der Waals surface area contributed by atoms with Crippen molar-refractivity contribution in [3.63, 3.8) is 0 Å². The standard InChI is InChI=1S/C17H18BrFN2O/c1-12-10-14(18)4-7-16(12)21-17(22)11-20-9-8-13-2-5-15(19)6-3-13/h2-7,10,20H,8-9,11H2,1H3,(H,21,22). The van der Waals surface area contributed by atoms with Crippen LogP contribution in [0.25, 0.3) is 0 Å². The van der Waals surface area contributed by atoms with E-state index in [2.05, 4.69) is 26.6 Å². The molecule has 0 aliphatic carbocycles. The van der Waals surface area contributed by atoms with Crippen LogP contribution in [0.2, 0.25) is 0 Å². The van der Waals surface area contributed by atoms with E-state index in [1.807, 2.05) is 25.1 Å². The average molecular weight is 365 g/mol. The monoisotopic (exact) mass is 364 g/mol. The molecule has 2 aromatic rings. The molecule has 2 rings (SSSR count). The maximum Gasteiger partial charge on any atom is 0.238 e. The van der Waals surface area contributed by atoms with Crippen molar-refractivity contribution in [3.8, 4) is 0 Å². The number of nitrogens with one attached hydrogen (secondary N) is 2. The third-order valence-electron chi connectivity index (χ3n) is 3.25. The molecule has 0 bridgehead atoms. The summed E-state index contributed by atoms with van der Waals surface area (Å²) in [4.78, 5) is 11.9. The van der Waals surface area contributed by atoms with Gasteiger partial charge < -0.3 is 10.6 Å². The molecule has 0 aromatic heterocycles. The molecule has 0 aliphatic rings. The second kappa shape index (κ2) is 8.06. The highest BCUT2D eigenvalue weighted by molar-refractivity contribution is 9.10. The highest BCUT2D eigenvalue weighted by Crippen LogP contribution is 2.19. The van der Waals surface area contributed by atoms with Gasteiger partial charge in [-0.2, -0.15) is 0 Å². The second-order valence-corrected chi connectivity index (χ2v) is 5.98. The zero-order valence-corrected chi connectivity index (χ0v) is 13.9. The number of halogens is 2. The van der Waals surface area contributed by atoms with E-state index in [4.69, 9.17) is 0 Å². The minimum atomic E-state index is -0.235. The third kappa shape index (κ3) is 5.24. The van der Waals surface area contributed by atoms with Gasteiger partial charge in [-0.3, -0.25) is 4.79 Å². The third-order valence-corrected chi connectivity index (χ3v) is 3.75. The van der Waals surface area contributed by atoms with E-state index in [-0.39, 0.29) is 18.3 Å². The molecule has 0 saturated carbocycles. The molecule has 0 radical (unpaired) electrons. The van der Waals surface area contributed by atoms with E-state index >= 15 is 0 Å². The first-order chi connectivity index (χ1) is 10.5. The Hall–Kier alpha value is -1.72. The first-order valence-corrected chi connectivity index (χ1v) is 7.85. The number of carbonyl (C=O) groups excluding carboxylic acids is 1. The molecule has 0 heterocycles. The zero-order chi connectivity index (χ0) is 15.9. The van der Waals surface area contributed by atoms with Gasteiger partial charge in [-0.25, -0.2) is 4.39 Å². The molecule has 2 aromatic carbocycles. The number of carbonyl (C=O) groups is 1. The van der Waals surface area contributed by atoms with Crippen LogP contribution >= 0.6 is 15.9 Å². The summed E-state index contributed by atoms with van der Waals surface area (Å²) >= 11 is 3.39. The lowest BCUT2D eigenvalue weighted by molar-refractivity contribution is -0.115. The first-order valence-electron chi connectivity index (χ1n) is 7.06. The molecule has 0 unspecified atom stereocenters. The van der Waals surface area contributed by atoms with Gasteiger partial charge in [0, 0.05) is 10.2 Å². The van der Waals surface area contributed by atoms with Gasteiger partial charge in [-0.15, -0.1) is 0 Å². The summed E-state index contributed by atoms with van der Waals surface area (Å²) < 4.78 is 13.8. The van der Waals surface area contributed by atoms with Gasteiger partial charge in [-0.05, 0) is 61.3 Å². The maximum atomic E-state index is 12.8. The Morgan fingerprint density at radius 2 is 1.91 bits per heavy atom. The first kappa shape index (κ1) is 16.6. The number of hydrogen-bond acceptors (Lipinski definition) is 2. The van der Waals surface area contributed by atoms with Crippen LogP contribution in [0, 0.1) is 12.7 Å². The summed E-state index contributed by atoms with van der Waals surface area (Å²) in [5, 5.41) is 5.96. The van der Waals surface area contributed by atoms with E-state index in [0.29, 0.717) is 6.54 Å². The fourth-order valence-corrected chi connectivity index (χ4v) is 2.52. The van der Waals surface area contributed by atoms with Gasteiger partial charge in [-0.1, -0.05) is 28.1 Å². The quantitative estimate of drug-likeness (QED) is 0.767. The molecule has 2 N–H and O–H groups in total. The van der Waals surface area contributed by atoms with Crippen molar-refractivity contribution in [3.05, 3.63) is 63.9 Å². The minimum absolute atomic E-state index is 0.0791. The van der Waals surface area contributed by atoms with E-state index in [0.717, 1.165) is 27.7 Å². The molecule has 1 amide bonds. The number of benzene rings is 2. The van der Waals surface area contributed by atoms with Crippen molar-refractivity contribution in [1.29, 1.82) is 0 Å². The Bertz CT molecular complexity index is 644. The van der Waals surface area contributed by atoms with Crippen molar-refractivity contribution >= 4 is 27.5 Å². The maximum absolute atomic E-state index is 12.8.